The molecule has 106 valence electrons. The van der Waals surface area contributed by atoms with Gasteiger partial charge < -0.3 is 10.4 Å². The number of hydrogen-bond acceptors (Lipinski definition) is 5. The first-order chi connectivity index (χ1) is 9.76. The molecule has 20 heavy (non-hydrogen) atoms. The van der Waals surface area contributed by atoms with Crippen LogP contribution in [0.4, 0.5) is 5.82 Å². The minimum Gasteiger partial charge on any atom is -0.394 e. The first kappa shape index (κ1) is 14.4. The van der Waals surface area contributed by atoms with Crippen molar-refractivity contribution in [2.24, 2.45) is 0 Å². The lowest BCUT2D eigenvalue weighted by molar-refractivity contribution is 0.271. The molecule has 0 radical (unpaired) electrons. The predicted molar refractivity (Wildman–Crippen MR) is 79.4 cm³/mol. The van der Waals surface area contributed by atoms with Crippen molar-refractivity contribution in [2.75, 3.05) is 11.9 Å². The summed E-state index contributed by atoms with van der Waals surface area (Å²) in [7, 11) is 0. The molecule has 1 atom stereocenters. The lowest BCUT2D eigenvalue weighted by Gasteiger charge is -2.16. The van der Waals surface area contributed by atoms with Crippen LogP contribution in [0.3, 0.4) is 0 Å². The molecular formula is C15H20N4O. The van der Waals surface area contributed by atoms with E-state index in [0.29, 0.717) is 5.82 Å². The second-order valence-electron chi connectivity index (χ2n) is 4.59. The van der Waals surface area contributed by atoms with Gasteiger partial charge in [-0.2, -0.15) is 0 Å². The van der Waals surface area contributed by atoms with Gasteiger partial charge in [0.15, 0.2) is 5.82 Å². The molecule has 2 rings (SSSR count). The first-order valence-corrected chi connectivity index (χ1v) is 6.92. The van der Waals surface area contributed by atoms with Crippen molar-refractivity contribution in [1.82, 2.24) is 15.0 Å². The van der Waals surface area contributed by atoms with Crippen molar-refractivity contribution in [3.8, 4) is 11.4 Å². The zero-order chi connectivity index (χ0) is 14.4. The summed E-state index contributed by atoms with van der Waals surface area (Å²) < 4.78 is 0. The van der Waals surface area contributed by atoms with Crippen molar-refractivity contribution < 1.29 is 5.11 Å². The smallest absolute Gasteiger partial charge is 0.161 e. The zero-order valence-electron chi connectivity index (χ0n) is 11.9. The van der Waals surface area contributed by atoms with Crippen LogP contribution >= 0.6 is 0 Å². The van der Waals surface area contributed by atoms with Gasteiger partial charge in [-0.1, -0.05) is 13.8 Å². The van der Waals surface area contributed by atoms with Crippen LogP contribution in [0, 0.1) is 0 Å². The van der Waals surface area contributed by atoms with Crippen LogP contribution in [-0.4, -0.2) is 32.7 Å². The highest BCUT2D eigenvalue weighted by molar-refractivity contribution is 5.56. The third-order valence-corrected chi connectivity index (χ3v) is 3.15. The van der Waals surface area contributed by atoms with Crippen LogP contribution in [0.15, 0.2) is 30.6 Å². The van der Waals surface area contributed by atoms with Gasteiger partial charge in [-0.15, -0.1) is 0 Å². The fraction of sp³-hybridized carbons (Fsp3) is 0.400. The Morgan fingerprint density at radius 1 is 1.20 bits per heavy atom. The maximum Gasteiger partial charge on any atom is 0.161 e. The maximum atomic E-state index is 9.29. The average molecular weight is 272 g/mol. The third-order valence-electron chi connectivity index (χ3n) is 3.15. The number of aromatic nitrogens is 3. The highest BCUT2D eigenvalue weighted by Gasteiger charge is 2.09. The molecule has 0 saturated heterocycles. The topological polar surface area (TPSA) is 70.9 Å². The molecule has 0 aromatic carbocycles. The lowest BCUT2D eigenvalue weighted by atomic mass is 10.2. The molecule has 2 aromatic heterocycles. The number of aryl methyl sites for hydroxylation is 1. The van der Waals surface area contributed by atoms with Gasteiger partial charge in [-0.3, -0.25) is 4.98 Å². The van der Waals surface area contributed by atoms with Gasteiger partial charge in [0.1, 0.15) is 5.82 Å². The minimum absolute atomic E-state index is 0.0138. The van der Waals surface area contributed by atoms with Crippen LogP contribution < -0.4 is 5.32 Å². The highest BCUT2D eigenvalue weighted by atomic mass is 16.3. The van der Waals surface area contributed by atoms with E-state index in [0.717, 1.165) is 29.9 Å². The molecule has 5 nitrogen and oxygen atoms in total. The Labute approximate surface area is 119 Å². The second-order valence-corrected chi connectivity index (χ2v) is 4.59. The molecule has 5 heteroatoms. The molecule has 0 saturated carbocycles. The normalized spacial score (nSPS) is 12.2. The summed E-state index contributed by atoms with van der Waals surface area (Å²) in [5, 5.41) is 12.5. The summed E-state index contributed by atoms with van der Waals surface area (Å²) in [6.07, 6.45) is 5.14. The Kier molecular flexibility index (Phi) is 5.01. The van der Waals surface area contributed by atoms with E-state index in [-0.39, 0.29) is 12.6 Å². The molecule has 0 aliphatic heterocycles. The molecule has 2 N–H and O–H groups in total. The number of aliphatic hydroxyl groups is 1. The van der Waals surface area contributed by atoms with E-state index >= 15 is 0 Å². The van der Waals surface area contributed by atoms with Crippen molar-refractivity contribution in [3.63, 3.8) is 0 Å². The van der Waals surface area contributed by atoms with Gasteiger partial charge in [-0.05, 0) is 25.0 Å². The van der Waals surface area contributed by atoms with E-state index in [1.165, 1.54) is 0 Å². The van der Waals surface area contributed by atoms with Gasteiger partial charge in [0, 0.05) is 29.7 Å². The fourth-order valence-corrected chi connectivity index (χ4v) is 1.87. The predicted octanol–water partition coefficient (Wildman–Crippen LogP) is 2.28. The number of aliphatic hydroxyl groups excluding tert-OH is 1. The SMILES string of the molecule is CCc1cc(NC(CC)CO)nc(-c2ccncc2)n1. The minimum atomic E-state index is 0.0138. The summed E-state index contributed by atoms with van der Waals surface area (Å²) in [6, 6.07) is 5.73. The molecule has 2 heterocycles. The molecule has 0 fully saturated rings. The van der Waals surface area contributed by atoms with Crippen molar-refractivity contribution >= 4 is 5.82 Å². The summed E-state index contributed by atoms with van der Waals surface area (Å²) in [4.78, 5) is 13.1. The standard InChI is InChI=1S/C15H20N4O/c1-3-12-9-14(17-13(4-2)10-20)19-15(18-12)11-5-7-16-8-6-11/h5-9,13,20H,3-4,10H2,1-2H3,(H,17,18,19). The second kappa shape index (κ2) is 6.96. The number of nitrogens with one attached hydrogen (secondary N) is 1. The zero-order valence-corrected chi connectivity index (χ0v) is 11.9. The molecule has 0 aliphatic rings. The third kappa shape index (κ3) is 3.51. The summed E-state index contributed by atoms with van der Waals surface area (Å²) in [5.41, 5.74) is 1.91. The number of nitrogens with zero attached hydrogens (tertiary/aromatic N) is 3. The van der Waals surface area contributed by atoms with Crippen molar-refractivity contribution in [1.29, 1.82) is 0 Å². The Morgan fingerprint density at radius 2 is 1.95 bits per heavy atom. The number of hydrogen-bond donors (Lipinski definition) is 2. The van der Waals surface area contributed by atoms with Gasteiger partial charge >= 0.3 is 0 Å². The van der Waals surface area contributed by atoms with Crippen molar-refractivity contribution in [2.45, 2.75) is 32.7 Å². The van der Waals surface area contributed by atoms with Crippen molar-refractivity contribution in [3.05, 3.63) is 36.3 Å². The highest BCUT2D eigenvalue weighted by Crippen LogP contribution is 2.18. The molecule has 0 aliphatic carbocycles. The monoisotopic (exact) mass is 272 g/mol. The maximum absolute atomic E-state index is 9.29. The Hall–Kier alpha value is -2.01. The first-order valence-electron chi connectivity index (χ1n) is 6.92. The van der Waals surface area contributed by atoms with E-state index in [4.69, 9.17) is 0 Å². The Balaban J connectivity index is 2.34. The number of rotatable bonds is 6. The van der Waals surface area contributed by atoms with E-state index in [2.05, 4.69) is 27.2 Å². The Morgan fingerprint density at radius 3 is 2.55 bits per heavy atom. The van der Waals surface area contributed by atoms with Crippen LogP contribution in [-0.2, 0) is 6.42 Å². The van der Waals surface area contributed by atoms with Crippen LogP contribution in [0.25, 0.3) is 11.4 Å². The lowest BCUT2D eigenvalue weighted by Crippen LogP contribution is -2.23. The molecule has 0 bridgehead atoms. The molecule has 2 aromatic rings. The molecule has 0 spiro atoms. The van der Waals surface area contributed by atoms with Crippen LogP contribution in [0.2, 0.25) is 0 Å². The Bertz CT molecular complexity index is 541. The number of pyridine rings is 1. The van der Waals surface area contributed by atoms with Crippen LogP contribution in [0.5, 0.6) is 0 Å². The largest absolute Gasteiger partial charge is 0.394 e. The number of anilines is 1. The van der Waals surface area contributed by atoms with E-state index in [1.807, 2.05) is 25.1 Å². The molecule has 0 amide bonds. The molecule has 1 unspecified atom stereocenters. The average Bonchev–Trinajstić information content (AvgIpc) is 2.53. The van der Waals surface area contributed by atoms with Gasteiger partial charge in [0.2, 0.25) is 0 Å². The molecular weight excluding hydrogens is 252 g/mol. The van der Waals surface area contributed by atoms with E-state index < -0.39 is 0 Å². The fourth-order valence-electron chi connectivity index (χ4n) is 1.87. The summed E-state index contributed by atoms with van der Waals surface area (Å²) in [5.74, 6) is 1.44. The van der Waals surface area contributed by atoms with Crippen LogP contribution in [0.1, 0.15) is 26.0 Å². The van der Waals surface area contributed by atoms with E-state index in [9.17, 15) is 5.11 Å². The summed E-state index contributed by atoms with van der Waals surface area (Å²) >= 11 is 0. The van der Waals surface area contributed by atoms with Gasteiger partial charge in [-0.25, -0.2) is 9.97 Å². The van der Waals surface area contributed by atoms with Gasteiger partial charge in [0.25, 0.3) is 0 Å². The summed E-state index contributed by atoms with van der Waals surface area (Å²) in [6.45, 7) is 4.18. The van der Waals surface area contributed by atoms with E-state index in [1.54, 1.807) is 12.4 Å². The van der Waals surface area contributed by atoms with Gasteiger partial charge in [0.05, 0.1) is 12.6 Å². The quantitative estimate of drug-likeness (QED) is 0.844.